The number of hydrogen-bond donors (Lipinski definition) is 3. The van der Waals surface area contributed by atoms with Gasteiger partial charge in [-0.2, -0.15) is 0 Å². The molecule has 118 valence electrons. The first kappa shape index (κ1) is 15.7. The van der Waals surface area contributed by atoms with Gasteiger partial charge in [0.15, 0.2) is 6.10 Å². The normalized spacial score (nSPS) is 41.6. The van der Waals surface area contributed by atoms with Gasteiger partial charge >= 0.3 is 11.9 Å². The molecule has 2 rings (SSSR count). The van der Waals surface area contributed by atoms with Gasteiger partial charge in [-0.3, -0.25) is 4.79 Å². The Morgan fingerprint density at radius 3 is 2.52 bits per heavy atom. The monoisotopic (exact) mass is 302 g/mol. The van der Waals surface area contributed by atoms with Crippen LogP contribution in [0.25, 0.3) is 0 Å². The molecule has 0 aromatic carbocycles. The van der Waals surface area contributed by atoms with E-state index in [2.05, 4.69) is 4.74 Å². The van der Waals surface area contributed by atoms with Gasteiger partial charge in [-0.15, -0.1) is 0 Å². The molecule has 0 spiro atoms. The molecule has 6 atom stereocenters. The van der Waals surface area contributed by atoms with Crippen LogP contribution in [0.2, 0.25) is 0 Å². The molecule has 3 N–H and O–H groups in total. The van der Waals surface area contributed by atoms with Crippen molar-refractivity contribution in [1.29, 1.82) is 0 Å². The van der Waals surface area contributed by atoms with Gasteiger partial charge in [0, 0.05) is 12.8 Å². The minimum absolute atomic E-state index is 0.0322. The molecule has 0 aromatic rings. The van der Waals surface area contributed by atoms with Gasteiger partial charge in [0.2, 0.25) is 6.29 Å². The highest BCUT2D eigenvalue weighted by molar-refractivity contribution is 5.89. The summed E-state index contributed by atoms with van der Waals surface area (Å²) in [5.41, 5.74) is -1.81. The second-order valence-corrected chi connectivity index (χ2v) is 5.39. The van der Waals surface area contributed by atoms with Crippen molar-refractivity contribution < 1.29 is 39.1 Å². The predicted molar refractivity (Wildman–Crippen MR) is 66.4 cm³/mol. The number of fused-ring (bicyclic) bond motifs is 1. The van der Waals surface area contributed by atoms with E-state index in [9.17, 15) is 24.9 Å². The van der Waals surface area contributed by atoms with Gasteiger partial charge in [0.25, 0.3) is 0 Å². The highest BCUT2D eigenvalue weighted by Crippen LogP contribution is 2.49. The summed E-state index contributed by atoms with van der Waals surface area (Å²) in [4.78, 5) is 22.9. The van der Waals surface area contributed by atoms with E-state index < -0.39 is 47.9 Å². The average Bonchev–Trinajstić information content (AvgIpc) is 2.60. The standard InChI is InChI=1S/C13H18O8/c1-5(14)21-10-9(15)7-6(11(16)19-3)4-20-12(17)8(7)13(10,2)18/h4,7-10,12,15,17-18H,1-3H3/t7-,8-,9+,10+,12?,13-/m1/s1. The van der Waals surface area contributed by atoms with Crippen molar-refractivity contribution in [2.75, 3.05) is 7.11 Å². The number of ether oxygens (including phenoxy) is 3. The van der Waals surface area contributed by atoms with Crippen LogP contribution in [0.5, 0.6) is 0 Å². The maximum absolute atomic E-state index is 11.7. The number of aliphatic hydroxyl groups excluding tert-OH is 2. The summed E-state index contributed by atoms with van der Waals surface area (Å²) in [5.74, 6) is -3.47. The lowest BCUT2D eigenvalue weighted by Gasteiger charge is -2.36. The molecule has 1 saturated carbocycles. The van der Waals surface area contributed by atoms with Gasteiger partial charge in [0.05, 0.1) is 24.9 Å². The molecular formula is C13H18O8. The molecule has 21 heavy (non-hydrogen) atoms. The number of methoxy groups -OCH3 is 1. The van der Waals surface area contributed by atoms with Crippen molar-refractivity contribution in [1.82, 2.24) is 0 Å². The van der Waals surface area contributed by atoms with E-state index in [1.54, 1.807) is 0 Å². The van der Waals surface area contributed by atoms with Gasteiger partial charge in [-0.1, -0.05) is 0 Å². The molecule has 2 aliphatic rings. The van der Waals surface area contributed by atoms with Crippen molar-refractivity contribution in [3.8, 4) is 0 Å². The minimum Gasteiger partial charge on any atom is -0.472 e. The molecule has 1 aliphatic carbocycles. The van der Waals surface area contributed by atoms with E-state index in [4.69, 9.17) is 9.47 Å². The summed E-state index contributed by atoms with van der Waals surface area (Å²) in [6, 6.07) is 0. The SMILES string of the molecule is COC(=O)C1=COC(O)[C@H]2[C@@H]1[C@H](O)[C@H](OC(C)=O)[C@]2(C)O. The highest BCUT2D eigenvalue weighted by atomic mass is 16.6. The Hall–Kier alpha value is -1.64. The van der Waals surface area contributed by atoms with E-state index in [1.807, 2.05) is 0 Å². The van der Waals surface area contributed by atoms with Crippen LogP contribution in [0.1, 0.15) is 13.8 Å². The Bertz CT molecular complexity index is 483. The van der Waals surface area contributed by atoms with Crippen LogP contribution < -0.4 is 0 Å². The summed E-state index contributed by atoms with van der Waals surface area (Å²) in [7, 11) is 1.16. The maximum Gasteiger partial charge on any atom is 0.337 e. The first-order valence-electron chi connectivity index (χ1n) is 6.41. The lowest BCUT2D eigenvalue weighted by atomic mass is 9.81. The molecule has 1 fully saturated rings. The second kappa shape index (κ2) is 5.28. The zero-order valence-electron chi connectivity index (χ0n) is 11.8. The zero-order chi connectivity index (χ0) is 15.9. The summed E-state index contributed by atoms with van der Waals surface area (Å²) in [5, 5.41) is 30.8. The third kappa shape index (κ3) is 2.39. The third-order valence-corrected chi connectivity index (χ3v) is 4.03. The van der Waals surface area contributed by atoms with Crippen LogP contribution in [0.4, 0.5) is 0 Å². The predicted octanol–water partition coefficient (Wildman–Crippen LogP) is -1.32. The topological polar surface area (TPSA) is 123 Å². The smallest absolute Gasteiger partial charge is 0.337 e. The summed E-state index contributed by atoms with van der Waals surface area (Å²) in [6.45, 7) is 2.44. The molecule has 8 heteroatoms. The summed E-state index contributed by atoms with van der Waals surface area (Å²) in [6.07, 6.45) is -3.13. The number of carbonyl (C=O) groups excluding carboxylic acids is 2. The van der Waals surface area contributed by atoms with Gasteiger partial charge < -0.3 is 29.5 Å². The van der Waals surface area contributed by atoms with Crippen molar-refractivity contribution >= 4 is 11.9 Å². The average molecular weight is 302 g/mol. The maximum atomic E-state index is 11.7. The van der Waals surface area contributed by atoms with E-state index in [1.165, 1.54) is 6.92 Å². The van der Waals surface area contributed by atoms with E-state index in [-0.39, 0.29) is 5.57 Å². The lowest BCUT2D eigenvalue weighted by molar-refractivity contribution is -0.191. The number of carbonyl (C=O) groups is 2. The lowest BCUT2D eigenvalue weighted by Crippen LogP contribution is -2.49. The molecule has 1 unspecified atom stereocenters. The third-order valence-electron chi connectivity index (χ3n) is 4.03. The van der Waals surface area contributed by atoms with Gasteiger partial charge in [-0.25, -0.2) is 4.79 Å². The largest absolute Gasteiger partial charge is 0.472 e. The van der Waals surface area contributed by atoms with Crippen LogP contribution in [0.15, 0.2) is 11.8 Å². The summed E-state index contributed by atoms with van der Waals surface area (Å²) < 4.78 is 14.5. The van der Waals surface area contributed by atoms with Gasteiger partial charge in [-0.05, 0) is 6.92 Å². The van der Waals surface area contributed by atoms with E-state index in [0.717, 1.165) is 20.3 Å². The van der Waals surface area contributed by atoms with Crippen LogP contribution >= 0.6 is 0 Å². The van der Waals surface area contributed by atoms with Gasteiger partial charge in [0.1, 0.15) is 11.7 Å². The molecular weight excluding hydrogens is 284 g/mol. The zero-order valence-corrected chi connectivity index (χ0v) is 11.8. The molecule has 1 heterocycles. The first-order chi connectivity index (χ1) is 9.71. The van der Waals surface area contributed by atoms with Crippen molar-refractivity contribution in [2.45, 2.75) is 37.9 Å². The van der Waals surface area contributed by atoms with E-state index in [0.29, 0.717) is 0 Å². The number of rotatable bonds is 2. The van der Waals surface area contributed by atoms with Crippen LogP contribution in [0.3, 0.4) is 0 Å². The van der Waals surface area contributed by atoms with Crippen molar-refractivity contribution in [3.63, 3.8) is 0 Å². The van der Waals surface area contributed by atoms with E-state index >= 15 is 0 Å². The fourth-order valence-corrected chi connectivity index (χ4v) is 3.12. The molecule has 0 aromatic heterocycles. The van der Waals surface area contributed by atoms with Crippen LogP contribution in [-0.4, -0.2) is 58.5 Å². The second-order valence-electron chi connectivity index (χ2n) is 5.39. The van der Waals surface area contributed by atoms with Crippen LogP contribution in [0, 0.1) is 11.8 Å². The molecule has 0 saturated heterocycles. The number of esters is 2. The minimum atomic E-state index is -1.78. The Labute approximate surface area is 120 Å². The molecule has 1 aliphatic heterocycles. The fraction of sp³-hybridized carbons (Fsp3) is 0.692. The number of aliphatic hydroxyl groups is 3. The number of hydrogen-bond acceptors (Lipinski definition) is 8. The molecule has 0 bridgehead atoms. The molecule has 0 radical (unpaired) electrons. The molecule has 8 nitrogen and oxygen atoms in total. The van der Waals surface area contributed by atoms with Crippen molar-refractivity contribution in [2.24, 2.45) is 11.8 Å². The Morgan fingerprint density at radius 1 is 1.38 bits per heavy atom. The quantitative estimate of drug-likeness (QED) is 0.537. The Morgan fingerprint density at radius 2 is 2.00 bits per heavy atom. The van der Waals surface area contributed by atoms with Crippen molar-refractivity contribution in [3.05, 3.63) is 11.8 Å². The molecule has 0 amide bonds. The Balaban J connectivity index is 2.43. The highest BCUT2D eigenvalue weighted by Gasteiger charge is 2.64. The Kier molecular flexibility index (Phi) is 3.96. The summed E-state index contributed by atoms with van der Waals surface area (Å²) >= 11 is 0. The first-order valence-corrected chi connectivity index (χ1v) is 6.41. The fourth-order valence-electron chi connectivity index (χ4n) is 3.12. The van der Waals surface area contributed by atoms with Crippen LogP contribution in [-0.2, 0) is 23.8 Å².